The second-order valence-corrected chi connectivity index (χ2v) is 9.04. The number of hydrogen-bond acceptors (Lipinski definition) is 1. The molecule has 0 bridgehead atoms. The molecular formula is C12H21NS. The molecule has 0 saturated carbocycles. The van der Waals surface area contributed by atoms with Gasteiger partial charge in [-0.15, -0.1) is 0 Å². The molecule has 1 aromatic rings. The molecule has 0 saturated heterocycles. The first-order chi connectivity index (χ1) is 6.49. The first-order valence-corrected chi connectivity index (χ1v) is 7.96. The van der Waals surface area contributed by atoms with Gasteiger partial charge in [-0.25, -0.2) is 10.0 Å². The van der Waals surface area contributed by atoms with Gasteiger partial charge in [0.1, 0.15) is 0 Å². The van der Waals surface area contributed by atoms with Crippen molar-refractivity contribution in [1.82, 2.24) is 5.32 Å². The second kappa shape index (κ2) is 4.85. The van der Waals surface area contributed by atoms with Crippen LogP contribution in [0.25, 0.3) is 0 Å². The molecule has 1 atom stereocenters. The Morgan fingerprint density at radius 2 is 1.71 bits per heavy atom. The van der Waals surface area contributed by atoms with Gasteiger partial charge in [0.05, 0.1) is 0 Å². The zero-order valence-corrected chi connectivity index (χ0v) is 10.4. The van der Waals surface area contributed by atoms with Crippen LogP contribution in [0, 0.1) is 0 Å². The molecule has 0 spiro atoms. The third-order valence-electron chi connectivity index (χ3n) is 2.12. The molecule has 0 aliphatic rings. The van der Waals surface area contributed by atoms with Crippen molar-refractivity contribution in [2.75, 3.05) is 24.6 Å². The van der Waals surface area contributed by atoms with Crippen LogP contribution in [0.3, 0.4) is 0 Å². The van der Waals surface area contributed by atoms with Crippen LogP contribution in [0.5, 0.6) is 0 Å². The topological polar surface area (TPSA) is 12.0 Å². The maximum absolute atomic E-state index is 3.58. The maximum atomic E-state index is 3.58. The Morgan fingerprint density at radius 3 is 2.21 bits per heavy atom. The van der Waals surface area contributed by atoms with Crippen molar-refractivity contribution >= 4 is 10.0 Å². The van der Waals surface area contributed by atoms with E-state index in [4.69, 9.17) is 0 Å². The summed E-state index contributed by atoms with van der Waals surface area (Å²) < 4.78 is 0. The van der Waals surface area contributed by atoms with Crippen LogP contribution in [0.15, 0.2) is 30.3 Å². The van der Waals surface area contributed by atoms with Crippen molar-refractivity contribution < 1.29 is 0 Å². The fourth-order valence-electron chi connectivity index (χ4n) is 1.23. The molecule has 0 fully saturated rings. The van der Waals surface area contributed by atoms with Gasteiger partial charge in [-0.2, -0.15) is 0 Å². The first-order valence-electron chi connectivity index (χ1n) is 4.93. The van der Waals surface area contributed by atoms with Gasteiger partial charge in [0, 0.05) is 11.9 Å². The predicted octanol–water partition coefficient (Wildman–Crippen LogP) is 2.99. The van der Waals surface area contributed by atoms with Crippen molar-refractivity contribution in [3.8, 4) is 0 Å². The maximum Gasteiger partial charge on any atom is 0.0298 e. The monoisotopic (exact) mass is 211 g/mol. The Labute approximate surface area is 89.2 Å². The molecule has 0 aliphatic carbocycles. The lowest BCUT2D eigenvalue weighted by molar-refractivity contribution is 0.637. The van der Waals surface area contributed by atoms with E-state index in [2.05, 4.69) is 61.3 Å². The SMILES string of the molecule is C[C@H](NCS(C)(C)C)c1ccccc1. The lowest BCUT2D eigenvalue weighted by Gasteiger charge is -2.28. The smallest absolute Gasteiger partial charge is 0.0298 e. The third-order valence-corrected chi connectivity index (χ3v) is 3.15. The van der Waals surface area contributed by atoms with E-state index in [-0.39, 0.29) is 0 Å². The standard InChI is InChI=1S/C12H21NS/c1-11(13-10-14(2,3)4)12-8-6-5-7-9-12/h5-9,11,13H,10H2,1-4H3/t11-/m0/s1. The molecule has 0 radical (unpaired) electrons. The van der Waals surface area contributed by atoms with Gasteiger partial charge >= 0.3 is 0 Å². The van der Waals surface area contributed by atoms with Crippen LogP contribution >= 0.6 is 10.0 Å². The Bertz CT molecular complexity index is 263. The molecule has 1 nitrogen and oxygen atoms in total. The average Bonchev–Trinajstić information content (AvgIpc) is 2.14. The summed E-state index contributed by atoms with van der Waals surface area (Å²) in [7, 11) is -0.438. The van der Waals surface area contributed by atoms with Crippen LogP contribution in [0.4, 0.5) is 0 Å². The van der Waals surface area contributed by atoms with Gasteiger partial charge in [-0.3, -0.25) is 0 Å². The third kappa shape index (κ3) is 4.16. The second-order valence-electron chi connectivity index (χ2n) is 4.57. The minimum Gasteiger partial charge on any atom is -0.303 e. The highest BCUT2D eigenvalue weighted by atomic mass is 32.3. The summed E-state index contributed by atoms with van der Waals surface area (Å²) >= 11 is 0. The summed E-state index contributed by atoms with van der Waals surface area (Å²) in [6, 6.07) is 11.1. The van der Waals surface area contributed by atoms with Gasteiger partial charge in [0.25, 0.3) is 0 Å². The summed E-state index contributed by atoms with van der Waals surface area (Å²) in [5.41, 5.74) is 1.37. The van der Waals surface area contributed by atoms with E-state index in [1.54, 1.807) is 0 Å². The quantitative estimate of drug-likeness (QED) is 0.807. The van der Waals surface area contributed by atoms with Gasteiger partial charge < -0.3 is 5.32 Å². The highest BCUT2D eigenvalue weighted by molar-refractivity contribution is 8.32. The van der Waals surface area contributed by atoms with Crippen molar-refractivity contribution in [2.45, 2.75) is 13.0 Å². The minimum atomic E-state index is -0.438. The molecule has 80 valence electrons. The van der Waals surface area contributed by atoms with Crippen molar-refractivity contribution in [3.63, 3.8) is 0 Å². The summed E-state index contributed by atoms with van der Waals surface area (Å²) in [5, 5.41) is 3.58. The van der Waals surface area contributed by atoms with E-state index in [0.717, 1.165) is 5.88 Å². The molecule has 2 heteroatoms. The zero-order chi connectivity index (χ0) is 10.6. The van der Waals surface area contributed by atoms with Crippen LogP contribution in [0.2, 0.25) is 0 Å². The molecule has 0 amide bonds. The van der Waals surface area contributed by atoms with Gasteiger partial charge in [-0.05, 0) is 31.3 Å². The van der Waals surface area contributed by atoms with Crippen LogP contribution in [-0.2, 0) is 0 Å². The van der Waals surface area contributed by atoms with Crippen LogP contribution in [0.1, 0.15) is 18.5 Å². The van der Waals surface area contributed by atoms with E-state index >= 15 is 0 Å². The molecule has 0 heterocycles. The van der Waals surface area contributed by atoms with Crippen molar-refractivity contribution in [2.24, 2.45) is 0 Å². The average molecular weight is 211 g/mol. The summed E-state index contributed by atoms with van der Waals surface area (Å²) in [6.45, 7) is 2.22. The molecule has 14 heavy (non-hydrogen) atoms. The lowest BCUT2D eigenvalue weighted by atomic mass is 10.1. The molecular weight excluding hydrogens is 190 g/mol. The molecule has 0 aromatic heterocycles. The van der Waals surface area contributed by atoms with Gasteiger partial charge in [0.15, 0.2) is 0 Å². The fraction of sp³-hybridized carbons (Fsp3) is 0.500. The number of rotatable bonds is 4. The van der Waals surface area contributed by atoms with Gasteiger partial charge in [0.2, 0.25) is 0 Å². The molecule has 1 N–H and O–H groups in total. The minimum absolute atomic E-state index is 0.438. The van der Waals surface area contributed by atoms with E-state index in [0.29, 0.717) is 6.04 Å². The fourth-order valence-corrected chi connectivity index (χ4v) is 1.98. The van der Waals surface area contributed by atoms with E-state index in [9.17, 15) is 0 Å². The molecule has 1 rings (SSSR count). The van der Waals surface area contributed by atoms with Crippen LogP contribution in [-0.4, -0.2) is 24.6 Å². The Balaban J connectivity index is 2.48. The highest BCUT2D eigenvalue weighted by Crippen LogP contribution is 2.33. The summed E-state index contributed by atoms with van der Waals surface area (Å²) in [6.07, 6.45) is 6.99. The van der Waals surface area contributed by atoms with Gasteiger partial charge in [-0.1, -0.05) is 30.3 Å². The molecule has 1 aromatic carbocycles. The summed E-state index contributed by atoms with van der Waals surface area (Å²) in [4.78, 5) is 0. The van der Waals surface area contributed by atoms with Crippen LogP contribution < -0.4 is 5.32 Å². The first kappa shape index (κ1) is 11.6. The largest absolute Gasteiger partial charge is 0.303 e. The molecule has 0 aliphatic heterocycles. The zero-order valence-electron chi connectivity index (χ0n) is 9.58. The Kier molecular flexibility index (Phi) is 4.02. The highest BCUT2D eigenvalue weighted by Gasteiger charge is 2.07. The lowest BCUT2D eigenvalue weighted by Crippen LogP contribution is -2.22. The summed E-state index contributed by atoms with van der Waals surface area (Å²) in [5.74, 6) is 1.13. The normalized spacial score (nSPS) is 15.1. The van der Waals surface area contributed by atoms with E-state index in [1.165, 1.54) is 5.56 Å². The predicted molar refractivity (Wildman–Crippen MR) is 68.2 cm³/mol. The number of nitrogens with one attached hydrogen (secondary N) is 1. The number of benzene rings is 1. The molecule has 0 unspecified atom stereocenters. The Morgan fingerprint density at radius 1 is 1.14 bits per heavy atom. The Hall–Kier alpha value is -0.470. The van der Waals surface area contributed by atoms with E-state index in [1.807, 2.05) is 0 Å². The van der Waals surface area contributed by atoms with Crippen molar-refractivity contribution in [1.29, 1.82) is 0 Å². The van der Waals surface area contributed by atoms with E-state index < -0.39 is 10.0 Å². The van der Waals surface area contributed by atoms with Crippen molar-refractivity contribution in [3.05, 3.63) is 35.9 Å². The number of hydrogen-bond donors (Lipinski definition) is 1.